The van der Waals surface area contributed by atoms with Crippen molar-refractivity contribution in [2.75, 3.05) is 12.4 Å². The van der Waals surface area contributed by atoms with Crippen LogP contribution in [0.3, 0.4) is 0 Å². The predicted molar refractivity (Wildman–Crippen MR) is 68.2 cm³/mol. The van der Waals surface area contributed by atoms with Gasteiger partial charge in [0.1, 0.15) is 0 Å². The van der Waals surface area contributed by atoms with Crippen LogP contribution in [0, 0.1) is 0 Å². The van der Waals surface area contributed by atoms with Crippen LogP contribution in [-0.4, -0.2) is 18.1 Å². The van der Waals surface area contributed by atoms with Crippen molar-refractivity contribution >= 4 is 39.7 Å². The van der Waals surface area contributed by atoms with E-state index < -0.39 is 5.97 Å². The van der Waals surface area contributed by atoms with E-state index in [2.05, 4.69) is 15.0 Å². The number of carbonyl (C=O) groups excluding carboxylic acids is 1. The van der Waals surface area contributed by atoms with Crippen molar-refractivity contribution in [2.24, 2.45) is 0 Å². The summed E-state index contributed by atoms with van der Waals surface area (Å²) in [5, 5.41) is 5.95. The average molecular weight is 269 g/mol. The molecule has 1 aromatic heterocycles. The minimum Gasteiger partial charge on any atom is -0.464 e. The summed E-state index contributed by atoms with van der Waals surface area (Å²) in [4.78, 5) is 15.3. The Kier molecular flexibility index (Phi) is 3.61. The van der Waals surface area contributed by atoms with E-state index in [1.807, 2.05) is 12.1 Å². The van der Waals surface area contributed by atoms with Gasteiger partial charge in [-0.05, 0) is 18.2 Å². The van der Waals surface area contributed by atoms with Gasteiger partial charge in [-0.15, -0.1) is 11.3 Å². The fourth-order valence-corrected chi connectivity index (χ4v) is 2.11. The molecule has 1 aromatic carbocycles. The Morgan fingerprint density at radius 3 is 3.06 bits per heavy atom. The average Bonchev–Trinajstić information content (AvgIpc) is 2.76. The number of ether oxygens (including phenoxy) is 1. The number of aromatic nitrogens is 1. The molecule has 2 aromatic rings. The van der Waals surface area contributed by atoms with Gasteiger partial charge in [0.2, 0.25) is 0 Å². The molecule has 88 valence electrons. The molecule has 0 unspecified atom stereocenters. The Hall–Kier alpha value is -1.59. The van der Waals surface area contributed by atoms with Gasteiger partial charge in [-0.25, -0.2) is 9.78 Å². The highest BCUT2D eigenvalue weighted by molar-refractivity contribution is 7.14. The van der Waals surface area contributed by atoms with E-state index in [-0.39, 0.29) is 0 Å². The number of halogens is 1. The maximum atomic E-state index is 11.2. The molecule has 0 saturated heterocycles. The number of hydrogen-bond acceptors (Lipinski definition) is 5. The lowest BCUT2D eigenvalue weighted by Crippen LogP contribution is -2.01. The molecule has 0 aliphatic carbocycles. The SMILES string of the molecule is COC(=O)c1csc(Nc2cccc(Cl)c2)n1. The number of benzene rings is 1. The van der Waals surface area contributed by atoms with Crippen molar-refractivity contribution in [1.82, 2.24) is 4.98 Å². The summed E-state index contributed by atoms with van der Waals surface area (Å²) < 4.78 is 4.58. The van der Waals surface area contributed by atoms with Crippen molar-refractivity contribution in [2.45, 2.75) is 0 Å². The summed E-state index contributed by atoms with van der Waals surface area (Å²) in [5.74, 6) is -0.444. The molecule has 2 rings (SSSR count). The highest BCUT2D eigenvalue weighted by Crippen LogP contribution is 2.23. The number of methoxy groups -OCH3 is 1. The first-order chi connectivity index (χ1) is 8.19. The zero-order chi connectivity index (χ0) is 12.3. The predicted octanol–water partition coefficient (Wildman–Crippen LogP) is 3.33. The first kappa shape index (κ1) is 11.9. The van der Waals surface area contributed by atoms with Crippen molar-refractivity contribution in [3.8, 4) is 0 Å². The first-order valence-electron chi connectivity index (χ1n) is 4.75. The fraction of sp³-hybridized carbons (Fsp3) is 0.0909. The van der Waals surface area contributed by atoms with Gasteiger partial charge in [0.25, 0.3) is 0 Å². The van der Waals surface area contributed by atoms with Gasteiger partial charge in [0.05, 0.1) is 7.11 Å². The van der Waals surface area contributed by atoms with Gasteiger partial charge in [-0.3, -0.25) is 0 Å². The van der Waals surface area contributed by atoms with E-state index in [1.54, 1.807) is 17.5 Å². The van der Waals surface area contributed by atoms with Crippen molar-refractivity contribution in [3.63, 3.8) is 0 Å². The third kappa shape index (κ3) is 2.95. The number of thiazole rings is 1. The highest BCUT2D eigenvalue weighted by atomic mass is 35.5. The van der Waals surface area contributed by atoms with Gasteiger partial charge in [-0.1, -0.05) is 17.7 Å². The number of carbonyl (C=O) groups is 1. The quantitative estimate of drug-likeness (QED) is 0.868. The van der Waals surface area contributed by atoms with Crippen LogP contribution < -0.4 is 5.32 Å². The van der Waals surface area contributed by atoms with E-state index in [4.69, 9.17) is 11.6 Å². The van der Waals surface area contributed by atoms with E-state index >= 15 is 0 Å². The Morgan fingerprint density at radius 1 is 1.53 bits per heavy atom. The summed E-state index contributed by atoms with van der Waals surface area (Å²) in [5.41, 5.74) is 1.12. The Bertz CT molecular complexity index is 542. The molecule has 0 aliphatic heterocycles. The van der Waals surface area contributed by atoms with Gasteiger partial charge in [0, 0.05) is 16.1 Å². The van der Waals surface area contributed by atoms with E-state index in [0.29, 0.717) is 15.8 Å². The van der Waals surface area contributed by atoms with E-state index in [9.17, 15) is 4.79 Å². The zero-order valence-electron chi connectivity index (χ0n) is 8.94. The molecule has 0 bridgehead atoms. The molecule has 1 heterocycles. The van der Waals surface area contributed by atoms with Crippen LogP contribution in [0.4, 0.5) is 10.8 Å². The topological polar surface area (TPSA) is 51.2 Å². The molecule has 6 heteroatoms. The first-order valence-corrected chi connectivity index (χ1v) is 6.01. The molecule has 0 aliphatic rings. The van der Waals surface area contributed by atoms with Crippen LogP contribution in [0.25, 0.3) is 0 Å². The molecule has 0 spiro atoms. The van der Waals surface area contributed by atoms with Crippen LogP contribution in [0.1, 0.15) is 10.5 Å². The molecule has 0 fully saturated rings. The lowest BCUT2D eigenvalue weighted by Gasteiger charge is -2.01. The lowest BCUT2D eigenvalue weighted by atomic mass is 10.3. The molecule has 17 heavy (non-hydrogen) atoms. The van der Waals surface area contributed by atoms with Gasteiger partial charge >= 0.3 is 5.97 Å². The monoisotopic (exact) mass is 268 g/mol. The van der Waals surface area contributed by atoms with Crippen LogP contribution in [0.5, 0.6) is 0 Å². The fourth-order valence-electron chi connectivity index (χ4n) is 1.22. The molecular weight excluding hydrogens is 260 g/mol. The minimum absolute atomic E-state index is 0.294. The Balaban J connectivity index is 2.14. The number of nitrogens with one attached hydrogen (secondary N) is 1. The van der Waals surface area contributed by atoms with Crippen LogP contribution in [0.2, 0.25) is 5.02 Å². The van der Waals surface area contributed by atoms with Crippen molar-refractivity contribution < 1.29 is 9.53 Å². The second-order valence-electron chi connectivity index (χ2n) is 3.16. The largest absolute Gasteiger partial charge is 0.464 e. The Labute approximate surface area is 107 Å². The van der Waals surface area contributed by atoms with E-state index in [1.165, 1.54) is 18.4 Å². The maximum absolute atomic E-state index is 11.2. The molecule has 0 amide bonds. The molecule has 4 nitrogen and oxygen atoms in total. The number of esters is 1. The normalized spacial score (nSPS) is 10.0. The molecule has 0 atom stereocenters. The van der Waals surface area contributed by atoms with Gasteiger partial charge in [0.15, 0.2) is 10.8 Å². The summed E-state index contributed by atoms with van der Waals surface area (Å²) in [6.45, 7) is 0. The van der Waals surface area contributed by atoms with Crippen molar-refractivity contribution in [1.29, 1.82) is 0 Å². The second-order valence-corrected chi connectivity index (χ2v) is 4.46. The maximum Gasteiger partial charge on any atom is 0.357 e. The third-order valence-electron chi connectivity index (χ3n) is 1.97. The third-order valence-corrected chi connectivity index (χ3v) is 2.97. The van der Waals surface area contributed by atoms with Gasteiger partial charge < -0.3 is 10.1 Å². The minimum atomic E-state index is -0.444. The van der Waals surface area contributed by atoms with Gasteiger partial charge in [-0.2, -0.15) is 0 Å². The molecular formula is C11H9ClN2O2S. The standard InChI is InChI=1S/C11H9ClN2O2S/c1-16-10(15)9-6-17-11(14-9)13-8-4-2-3-7(12)5-8/h2-6H,1H3,(H,13,14). The molecule has 1 N–H and O–H groups in total. The highest BCUT2D eigenvalue weighted by Gasteiger charge is 2.10. The zero-order valence-corrected chi connectivity index (χ0v) is 10.5. The summed E-state index contributed by atoms with van der Waals surface area (Å²) in [6, 6.07) is 7.26. The number of hydrogen-bond donors (Lipinski definition) is 1. The second kappa shape index (κ2) is 5.16. The lowest BCUT2D eigenvalue weighted by molar-refractivity contribution is 0.0595. The summed E-state index contributed by atoms with van der Waals surface area (Å²) in [7, 11) is 1.33. The molecule has 0 radical (unpaired) electrons. The van der Waals surface area contributed by atoms with Crippen LogP contribution in [0.15, 0.2) is 29.6 Å². The molecule has 0 saturated carbocycles. The van der Waals surface area contributed by atoms with Crippen molar-refractivity contribution in [3.05, 3.63) is 40.4 Å². The smallest absolute Gasteiger partial charge is 0.357 e. The number of rotatable bonds is 3. The van der Waals surface area contributed by atoms with E-state index in [0.717, 1.165) is 5.69 Å². The number of anilines is 2. The van der Waals surface area contributed by atoms with Crippen LogP contribution in [-0.2, 0) is 4.74 Å². The van der Waals surface area contributed by atoms with Crippen LogP contribution >= 0.6 is 22.9 Å². The Morgan fingerprint density at radius 2 is 2.35 bits per heavy atom. The summed E-state index contributed by atoms with van der Waals surface area (Å²) in [6.07, 6.45) is 0. The summed E-state index contributed by atoms with van der Waals surface area (Å²) >= 11 is 7.19. The number of nitrogens with zero attached hydrogens (tertiary/aromatic N) is 1.